The average molecular weight is 365 g/mol. The van der Waals surface area contributed by atoms with Gasteiger partial charge in [-0.05, 0) is 44.9 Å². The van der Waals surface area contributed by atoms with Gasteiger partial charge in [-0.1, -0.05) is 82.4 Å². The van der Waals surface area contributed by atoms with Crippen molar-refractivity contribution in [2.45, 2.75) is 90.9 Å². The van der Waals surface area contributed by atoms with Crippen molar-refractivity contribution in [3.63, 3.8) is 0 Å². The van der Waals surface area contributed by atoms with Crippen molar-refractivity contribution < 1.29 is 14.3 Å². The lowest BCUT2D eigenvalue weighted by atomic mass is 10.1. The molecule has 0 rings (SSSR count). The number of carbonyl (C=O) groups is 1. The number of unbranched alkanes of at least 4 members (excludes halogenated alkanes) is 7. The van der Waals surface area contributed by atoms with Crippen LogP contribution in [0, 0.1) is 0 Å². The Balaban J connectivity index is 3.25. The summed E-state index contributed by atoms with van der Waals surface area (Å²) in [4.78, 5) is 11.2. The first-order chi connectivity index (χ1) is 12.8. The number of rotatable bonds is 17. The van der Waals surface area contributed by atoms with Crippen molar-refractivity contribution in [1.29, 1.82) is 0 Å². The van der Waals surface area contributed by atoms with E-state index in [4.69, 9.17) is 9.47 Å². The molecule has 0 aromatic rings. The Labute approximate surface area is 161 Å². The van der Waals surface area contributed by atoms with Gasteiger partial charge in [-0.3, -0.25) is 0 Å². The van der Waals surface area contributed by atoms with Gasteiger partial charge in [-0.15, -0.1) is 0 Å². The second kappa shape index (κ2) is 21.5. The van der Waals surface area contributed by atoms with Crippen molar-refractivity contribution in [3.05, 3.63) is 36.5 Å². The molecule has 0 heterocycles. The van der Waals surface area contributed by atoms with Crippen LogP contribution >= 0.6 is 0 Å². The molecule has 0 saturated heterocycles. The fraction of sp³-hybridized carbons (Fsp3) is 0.696. The van der Waals surface area contributed by atoms with E-state index in [9.17, 15) is 4.79 Å². The molecule has 3 heteroatoms. The van der Waals surface area contributed by atoms with E-state index in [1.165, 1.54) is 32.1 Å². The van der Waals surface area contributed by atoms with Crippen LogP contribution in [0.25, 0.3) is 0 Å². The molecule has 0 aromatic heterocycles. The molecule has 0 N–H and O–H groups in total. The highest BCUT2D eigenvalue weighted by Crippen LogP contribution is 2.08. The van der Waals surface area contributed by atoms with Crippen LogP contribution in [0.4, 0.5) is 4.79 Å². The minimum atomic E-state index is -0.516. The van der Waals surface area contributed by atoms with E-state index in [0.29, 0.717) is 13.2 Å². The Hall–Kier alpha value is -1.51. The minimum Gasteiger partial charge on any atom is -0.434 e. The third kappa shape index (κ3) is 20.5. The van der Waals surface area contributed by atoms with E-state index in [2.05, 4.69) is 50.3 Å². The van der Waals surface area contributed by atoms with Crippen LogP contribution < -0.4 is 0 Å². The molecule has 0 aliphatic rings. The van der Waals surface area contributed by atoms with Crippen LogP contribution in [0.5, 0.6) is 0 Å². The summed E-state index contributed by atoms with van der Waals surface area (Å²) in [6, 6.07) is 0. The van der Waals surface area contributed by atoms with Crippen molar-refractivity contribution in [2.24, 2.45) is 0 Å². The SMILES string of the molecule is CC/C=C\C/C=C\C/C=C\CCCCCCCCOC(=O)OCCCC. The zero-order valence-corrected chi connectivity index (χ0v) is 17.1. The van der Waals surface area contributed by atoms with E-state index in [-0.39, 0.29) is 0 Å². The lowest BCUT2D eigenvalue weighted by molar-refractivity contribution is 0.0532. The van der Waals surface area contributed by atoms with Crippen LogP contribution in [-0.2, 0) is 9.47 Å². The maximum Gasteiger partial charge on any atom is 0.508 e. The summed E-state index contributed by atoms with van der Waals surface area (Å²) in [5.74, 6) is 0. The number of allylic oxidation sites excluding steroid dienone is 6. The van der Waals surface area contributed by atoms with Gasteiger partial charge >= 0.3 is 6.16 Å². The van der Waals surface area contributed by atoms with Gasteiger partial charge in [0.15, 0.2) is 0 Å². The molecular formula is C23H40O3. The first kappa shape index (κ1) is 24.5. The van der Waals surface area contributed by atoms with Crippen LogP contribution in [0.2, 0.25) is 0 Å². The molecule has 0 saturated carbocycles. The summed E-state index contributed by atoms with van der Waals surface area (Å²) in [5, 5.41) is 0. The summed E-state index contributed by atoms with van der Waals surface area (Å²) < 4.78 is 9.96. The van der Waals surface area contributed by atoms with Gasteiger partial charge in [0, 0.05) is 0 Å². The summed E-state index contributed by atoms with van der Waals surface area (Å²) >= 11 is 0. The molecule has 0 bridgehead atoms. The molecule has 0 unspecified atom stereocenters. The molecular weight excluding hydrogens is 324 g/mol. The summed E-state index contributed by atoms with van der Waals surface area (Å²) in [6.07, 6.45) is 26.3. The highest BCUT2D eigenvalue weighted by molar-refractivity contribution is 5.59. The van der Waals surface area contributed by atoms with E-state index >= 15 is 0 Å². The zero-order valence-electron chi connectivity index (χ0n) is 17.1. The molecule has 0 fully saturated rings. The van der Waals surface area contributed by atoms with Gasteiger partial charge in [0.25, 0.3) is 0 Å². The van der Waals surface area contributed by atoms with Crippen LogP contribution in [0.15, 0.2) is 36.5 Å². The monoisotopic (exact) mass is 364 g/mol. The lowest BCUT2D eigenvalue weighted by Gasteiger charge is -2.05. The molecule has 0 aliphatic heterocycles. The Morgan fingerprint density at radius 2 is 1.19 bits per heavy atom. The Kier molecular flexibility index (Phi) is 20.3. The summed E-state index contributed by atoms with van der Waals surface area (Å²) in [5.41, 5.74) is 0. The first-order valence-corrected chi connectivity index (χ1v) is 10.6. The Morgan fingerprint density at radius 1 is 0.654 bits per heavy atom. The van der Waals surface area contributed by atoms with Gasteiger partial charge in [0.2, 0.25) is 0 Å². The van der Waals surface area contributed by atoms with E-state index in [1.807, 2.05) is 0 Å². The molecule has 0 aromatic carbocycles. The molecule has 3 nitrogen and oxygen atoms in total. The minimum absolute atomic E-state index is 0.469. The van der Waals surface area contributed by atoms with Crippen LogP contribution in [0.1, 0.15) is 90.9 Å². The lowest BCUT2D eigenvalue weighted by Crippen LogP contribution is -2.09. The number of hydrogen-bond donors (Lipinski definition) is 0. The second-order valence-electron chi connectivity index (χ2n) is 6.50. The van der Waals surface area contributed by atoms with Gasteiger partial charge in [0.1, 0.15) is 0 Å². The van der Waals surface area contributed by atoms with Crippen LogP contribution in [-0.4, -0.2) is 19.4 Å². The quantitative estimate of drug-likeness (QED) is 0.152. The highest BCUT2D eigenvalue weighted by atomic mass is 16.7. The van der Waals surface area contributed by atoms with E-state index < -0.39 is 6.16 Å². The van der Waals surface area contributed by atoms with Crippen molar-refractivity contribution in [3.8, 4) is 0 Å². The molecule has 0 spiro atoms. The molecule has 0 aliphatic carbocycles. The Morgan fingerprint density at radius 3 is 1.85 bits per heavy atom. The zero-order chi connectivity index (χ0) is 19.1. The number of ether oxygens (including phenoxy) is 2. The first-order valence-electron chi connectivity index (χ1n) is 10.6. The highest BCUT2D eigenvalue weighted by Gasteiger charge is 2.02. The second-order valence-corrected chi connectivity index (χ2v) is 6.50. The predicted octanol–water partition coefficient (Wildman–Crippen LogP) is 7.53. The predicted molar refractivity (Wildman–Crippen MR) is 111 cm³/mol. The Bertz CT molecular complexity index is 383. The third-order valence-corrected chi connectivity index (χ3v) is 3.98. The fourth-order valence-electron chi connectivity index (χ4n) is 2.39. The number of carbonyl (C=O) groups excluding carboxylic acids is 1. The van der Waals surface area contributed by atoms with Crippen molar-refractivity contribution in [2.75, 3.05) is 13.2 Å². The largest absolute Gasteiger partial charge is 0.508 e. The maximum atomic E-state index is 11.2. The van der Waals surface area contributed by atoms with Gasteiger partial charge < -0.3 is 9.47 Å². The van der Waals surface area contributed by atoms with E-state index in [0.717, 1.165) is 44.9 Å². The fourth-order valence-corrected chi connectivity index (χ4v) is 2.39. The molecule has 26 heavy (non-hydrogen) atoms. The molecule has 0 radical (unpaired) electrons. The standard InChI is InChI=1S/C23H40O3/c1-3-5-7-8-9-10-11-12-13-14-15-16-17-18-19-20-22-26-23(24)25-21-6-4-2/h5,7,9-10,12-13H,3-4,6,8,11,14-22H2,1-2H3/b7-5-,10-9-,13-12-. The van der Waals surface area contributed by atoms with Crippen LogP contribution in [0.3, 0.4) is 0 Å². The van der Waals surface area contributed by atoms with E-state index in [1.54, 1.807) is 0 Å². The smallest absolute Gasteiger partial charge is 0.434 e. The van der Waals surface area contributed by atoms with Gasteiger partial charge in [-0.25, -0.2) is 4.79 Å². The molecule has 0 amide bonds. The topological polar surface area (TPSA) is 35.5 Å². The molecule has 0 atom stereocenters. The van der Waals surface area contributed by atoms with Gasteiger partial charge in [0.05, 0.1) is 13.2 Å². The summed E-state index contributed by atoms with van der Waals surface area (Å²) in [7, 11) is 0. The van der Waals surface area contributed by atoms with Gasteiger partial charge in [-0.2, -0.15) is 0 Å². The normalized spacial score (nSPS) is 11.8. The average Bonchev–Trinajstić information content (AvgIpc) is 2.64. The third-order valence-electron chi connectivity index (χ3n) is 3.98. The summed E-state index contributed by atoms with van der Waals surface area (Å²) in [6.45, 7) is 5.17. The number of hydrogen-bond acceptors (Lipinski definition) is 3. The molecule has 150 valence electrons. The van der Waals surface area contributed by atoms with Crippen molar-refractivity contribution in [1.82, 2.24) is 0 Å². The maximum absolute atomic E-state index is 11.2. The van der Waals surface area contributed by atoms with Crippen molar-refractivity contribution >= 4 is 6.16 Å².